The van der Waals surface area contributed by atoms with E-state index in [1.807, 2.05) is 24.3 Å². The molecule has 0 heterocycles. The molecule has 0 aliphatic rings. The number of ketones is 2. The van der Waals surface area contributed by atoms with E-state index in [-0.39, 0.29) is 24.6 Å². The molecule has 0 radical (unpaired) electrons. The maximum Gasteiger partial charge on any atom is 0.177 e. The summed E-state index contributed by atoms with van der Waals surface area (Å²) in [5.74, 6) is 0.344. The second-order valence-electron chi connectivity index (χ2n) is 3.70. The minimum Gasteiger partial charge on any atom is -0.486 e. The van der Waals surface area contributed by atoms with E-state index in [0.29, 0.717) is 5.75 Å². The number of aryl methyl sites for hydroxylation is 1. The van der Waals surface area contributed by atoms with Gasteiger partial charge in [0, 0.05) is 0 Å². The molecule has 0 aliphatic heterocycles. The van der Waals surface area contributed by atoms with Crippen molar-refractivity contribution in [1.29, 1.82) is 0 Å². The Morgan fingerprint density at radius 1 is 1.19 bits per heavy atom. The summed E-state index contributed by atoms with van der Waals surface area (Å²) in [5, 5.41) is 0. The third-order valence-electron chi connectivity index (χ3n) is 2.18. The summed E-state index contributed by atoms with van der Waals surface area (Å²) in [5.41, 5.74) is 1.22. The summed E-state index contributed by atoms with van der Waals surface area (Å²) in [6.07, 6.45) is 0.927. The zero-order chi connectivity index (χ0) is 12.0. The lowest BCUT2D eigenvalue weighted by Gasteiger charge is -2.05. The third-order valence-corrected chi connectivity index (χ3v) is 2.18. The van der Waals surface area contributed by atoms with Gasteiger partial charge in [0.05, 0.1) is 6.42 Å². The molecule has 1 aromatic rings. The number of carbonyl (C=O) groups excluding carboxylic acids is 2. The van der Waals surface area contributed by atoms with Gasteiger partial charge in [0.15, 0.2) is 5.78 Å². The molecule has 1 aromatic carbocycles. The van der Waals surface area contributed by atoms with Crippen LogP contribution in [0, 0.1) is 0 Å². The Balaban J connectivity index is 2.42. The molecule has 0 N–H and O–H groups in total. The lowest BCUT2D eigenvalue weighted by Crippen LogP contribution is -2.14. The Morgan fingerprint density at radius 3 is 2.31 bits per heavy atom. The number of hydrogen-bond donors (Lipinski definition) is 0. The Labute approximate surface area is 95.4 Å². The number of hydrogen-bond acceptors (Lipinski definition) is 3. The summed E-state index contributed by atoms with van der Waals surface area (Å²) in [6.45, 7) is 3.44. The minimum atomic E-state index is -0.188. The van der Waals surface area contributed by atoms with Crippen LogP contribution in [0.3, 0.4) is 0 Å². The van der Waals surface area contributed by atoms with Gasteiger partial charge in [-0.1, -0.05) is 19.1 Å². The zero-order valence-electron chi connectivity index (χ0n) is 9.66. The molecule has 0 aromatic heterocycles. The molecule has 1 rings (SSSR count). The van der Waals surface area contributed by atoms with Gasteiger partial charge in [0.1, 0.15) is 18.1 Å². The molecule has 3 nitrogen and oxygen atoms in total. The topological polar surface area (TPSA) is 43.4 Å². The fraction of sp³-hybridized carbons (Fsp3) is 0.385. The summed E-state index contributed by atoms with van der Waals surface area (Å²) < 4.78 is 5.27. The monoisotopic (exact) mass is 220 g/mol. The number of Topliss-reactive ketones (excluding diaryl/α,β-unsaturated/α-hetero) is 2. The molecule has 0 fully saturated rings. The average molecular weight is 220 g/mol. The van der Waals surface area contributed by atoms with Gasteiger partial charge in [0.25, 0.3) is 0 Å². The molecule has 0 atom stereocenters. The fourth-order valence-corrected chi connectivity index (χ4v) is 1.31. The summed E-state index contributed by atoms with van der Waals surface area (Å²) in [6, 6.07) is 7.59. The largest absolute Gasteiger partial charge is 0.486 e. The first-order chi connectivity index (χ1) is 7.61. The number of rotatable bonds is 6. The highest BCUT2D eigenvalue weighted by Crippen LogP contribution is 2.12. The van der Waals surface area contributed by atoms with Crippen molar-refractivity contribution in [2.24, 2.45) is 0 Å². The first-order valence-corrected chi connectivity index (χ1v) is 5.34. The van der Waals surface area contributed by atoms with E-state index >= 15 is 0 Å². The highest BCUT2D eigenvalue weighted by molar-refractivity contribution is 5.98. The van der Waals surface area contributed by atoms with Crippen LogP contribution in [0.5, 0.6) is 5.75 Å². The van der Waals surface area contributed by atoms with Crippen LogP contribution in [0.1, 0.15) is 25.8 Å². The highest BCUT2D eigenvalue weighted by Gasteiger charge is 2.06. The van der Waals surface area contributed by atoms with Crippen molar-refractivity contribution < 1.29 is 14.3 Å². The molecule has 0 saturated heterocycles. The van der Waals surface area contributed by atoms with E-state index in [4.69, 9.17) is 4.74 Å². The second kappa shape index (κ2) is 6.05. The van der Waals surface area contributed by atoms with Gasteiger partial charge in [-0.05, 0) is 31.0 Å². The smallest absolute Gasteiger partial charge is 0.177 e. The summed E-state index contributed by atoms with van der Waals surface area (Å²) in [7, 11) is 0. The number of carbonyl (C=O) groups is 2. The van der Waals surface area contributed by atoms with Crippen molar-refractivity contribution in [3.8, 4) is 5.75 Å². The molecule has 0 unspecified atom stereocenters. The molecule has 0 bridgehead atoms. The van der Waals surface area contributed by atoms with Gasteiger partial charge in [-0.25, -0.2) is 0 Å². The van der Waals surface area contributed by atoms with Crippen molar-refractivity contribution in [3.63, 3.8) is 0 Å². The van der Waals surface area contributed by atoms with Crippen molar-refractivity contribution in [2.45, 2.75) is 26.7 Å². The maximum absolute atomic E-state index is 11.2. The van der Waals surface area contributed by atoms with Crippen LogP contribution < -0.4 is 4.74 Å². The zero-order valence-corrected chi connectivity index (χ0v) is 9.66. The molecular formula is C13H16O3. The third kappa shape index (κ3) is 4.26. The molecule has 16 heavy (non-hydrogen) atoms. The van der Waals surface area contributed by atoms with Gasteiger partial charge < -0.3 is 4.74 Å². The van der Waals surface area contributed by atoms with Crippen molar-refractivity contribution >= 4 is 11.6 Å². The Bertz CT molecular complexity index is 365. The average Bonchev–Trinajstić information content (AvgIpc) is 2.26. The normalized spacial score (nSPS) is 9.88. The molecule has 0 amide bonds. The SMILES string of the molecule is CCc1ccc(OCC(=O)CC(C)=O)cc1. The standard InChI is InChI=1S/C13H16O3/c1-3-11-4-6-13(7-5-11)16-9-12(15)8-10(2)14/h4-7H,3,8-9H2,1-2H3. The van der Waals surface area contributed by atoms with Crippen LogP contribution in [-0.2, 0) is 16.0 Å². The van der Waals surface area contributed by atoms with Crippen molar-refractivity contribution in [2.75, 3.05) is 6.61 Å². The molecule has 0 saturated carbocycles. The van der Waals surface area contributed by atoms with E-state index < -0.39 is 0 Å². The Kier molecular flexibility index (Phi) is 4.70. The molecule has 86 valence electrons. The number of ether oxygens (including phenoxy) is 1. The van der Waals surface area contributed by atoms with Crippen LogP contribution >= 0.6 is 0 Å². The fourth-order valence-electron chi connectivity index (χ4n) is 1.31. The molecule has 0 spiro atoms. The van der Waals surface area contributed by atoms with Crippen LogP contribution in [0.4, 0.5) is 0 Å². The van der Waals surface area contributed by atoms with Crippen LogP contribution in [0.25, 0.3) is 0 Å². The van der Waals surface area contributed by atoms with Gasteiger partial charge in [-0.3, -0.25) is 9.59 Å². The van der Waals surface area contributed by atoms with Crippen molar-refractivity contribution in [3.05, 3.63) is 29.8 Å². The quantitative estimate of drug-likeness (QED) is 0.690. The van der Waals surface area contributed by atoms with E-state index in [1.165, 1.54) is 12.5 Å². The van der Waals surface area contributed by atoms with E-state index in [1.54, 1.807) is 0 Å². The van der Waals surface area contributed by atoms with E-state index in [2.05, 4.69) is 6.92 Å². The maximum atomic E-state index is 11.2. The molecule has 0 aliphatic carbocycles. The molecule has 3 heteroatoms. The van der Waals surface area contributed by atoms with Gasteiger partial charge >= 0.3 is 0 Å². The Hall–Kier alpha value is -1.64. The van der Waals surface area contributed by atoms with Crippen LogP contribution in [-0.4, -0.2) is 18.2 Å². The van der Waals surface area contributed by atoms with E-state index in [9.17, 15) is 9.59 Å². The summed E-state index contributed by atoms with van der Waals surface area (Å²) in [4.78, 5) is 21.9. The second-order valence-corrected chi connectivity index (χ2v) is 3.70. The van der Waals surface area contributed by atoms with Crippen LogP contribution in [0.2, 0.25) is 0 Å². The van der Waals surface area contributed by atoms with Gasteiger partial charge in [0.2, 0.25) is 0 Å². The predicted octanol–water partition coefficient (Wildman–Crippen LogP) is 2.18. The van der Waals surface area contributed by atoms with Gasteiger partial charge in [-0.15, -0.1) is 0 Å². The summed E-state index contributed by atoms with van der Waals surface area (Å²) >= 11 is 0. The van der Waals surface area contributed by atoms with E-state index in [0.717, 1.165) is 6.42 Å². The predicted molar refractivity (Wildman–Crippen MR) is 61.6 cm³/mol. The first kappa shape index (κ1) is 12.4. The Morgan fingerprint density at radius 2 is 1.81 bits per heavy atom. The first-order valence-electron chi connectivity index (χ1n) is 5.34. The van der Waals surface area contributed by atoms with Gasteiger partial charge in [-0.2, -0.15) is 0 Å². The van der Waals surface area contributed by atoms with Crippen molar-refractivity contribution in [1.82, 2.24) is 0 Å². The molecular weight excluding hydrogens is 204 g/mol. The van der Waals surface area contributed by atoms with Crippen LogP contribution in [0.15, 0.2) is 24.3 Å². The number of benzene rings is 1. The lowest BCUT2D eigenvalue weighted by atomic mass is 10.2. The minimum absolute atomic E-state index is 0.0367. The highest BCUT2D eigenvalue weighted by atomic mass is 16.5. The lowest BCUT2D eigenvalue weighted by molar-refractivity contribution is -0.127.